The zero-order valence-corrected chi connectivity index (χ0v) is 10.8. The Balaban J connectivity index is 2.80. The predicted octanol–water partition coefficient (Wildman–Crippen LogP) is 1.87. The van der Waals surface area contributed by atoms with Crippen LogP contribution in [0.4, 0.5) is 0 Å². The minimum Gasteiger partial charge on any atom is -0.409 e. The molecule has 94 valence electrons. The van der Waals surface area contributed by atoms with Gasteiger partial charge in [0.1, 0.15) is 0 Å². The summed E-state index contributed by atoms with van der Waals surface area (Å²) in [6.45, 7) is 8.47. The standard InChI is InChI=1S/C13H21N3O/c1-4-16(9-13(14)15-17)8-12-10(2)6-5-7-11(12)3/h5-7,17H,4,8-9H2,1-3H3,(H2,14,15). The van der Waals surface area contributed by atoms with Crippen LogP contribution < -0.4 is 5.73 Å². The van der Waals surface area contributed by atoms with Crippen LogP contribution in [0.1, 0.15) is 23.6 Å². The molecule has 0 radical (unpaired) electrons. The van der Waals surface area contributed by atoms with E-state index >= 15 is 0 Å². The summed E-state index contributed by atoms with van der Waals surface area (Å²) in [6.07, 6.45) is 0. The van der Waals surface area contributed by atoms with Crippen molar-refractivity contribution in [1.29, 1.82) is 0 Å². The maximum atomic E-state index is 8.59. The van der Waals surface area contributed by atoms with Crippen molar-refractivity contribution in [1.82, 2.24) is 4.90 Å². The first-order chi connectivity index (χ1) is 8.08. The second kappa shape index (κ2) is 6.25. The lowest BCUT2D eigenvalue weighted by Crippen LogP contribution is -2.33. The van der Waals surface area contributed by atoms with Gasteiger partial charge in [0, 0.05) is 6.54 Å². The number of nitrogens with zero attached hydrogens (tertiary/aromatic N) is 2. The number of aryl methyl sites for hydroxylation is 2. The Kier molecular flexibility index (Phi) is 4.97. The molecule has 0 aliphatic heterocycles. The van der Waals surface area contributed by atoms with E-state index in [9.17, 15) is 0 Å². The SMILES string of the molecule is CCN(C/C(N)=N/O)Cc1c(C)cccc1C. The summed E-state index contributed by atoms with van der Waals surface area (Å²) in [5.74, 6) is 0.248. The van der Waals surface area contributed by atoms with Crippen molar-refractivity contribution < 1.29 is 5.21 Å². The number of hydrogen-bond acceptors (Lipinski definition) is 3. The lowest BCUT2D eigenvalue weighted by molar-refractivity contribution is 0.294. The molecule has 0 unspecified atom stereocenters. The third-order valence-corrected chi connectivity index (χ3v) is 2.99. The summed E-state index contributed by atoms with van der Waals surface area (Å²) in [6, 6.07) is 6.29. The van der Waals surface area contributed by atoms with Crippen LogP contribution in [0.15, 0.2) is 23.4 Å². The third kappa shape index (κ3) is 3.75. The summed E-state index contributed by atoms with van der Waals surface area (Å²) in [5.41, 5.74) is 9.42. The van der Waals surface area contributed by atoms with Crippen LogP contribution in [0.25, 0.3) is 0 Å². The number of nitrogens with two attached hydrogens (primary N) is 1. The number of amidine groups is 1. The van der Waals surface area contributed by atoms with Gasteiger partial charge in [-0.05, 0) is 37.1 Å². The summed E-state index contributed by atoms with van der Waals surface area (Å²) in [7, 11) is 0. The largest absolute Gasteiger partial charge is 0.409 e. The lowest BCUT2D eigenvalue weighted by Gasteiger charge is -2.21. The van der Waals surface area contributed by atoms with Crippen LogP contribution in [0.3, 0.4) is 0 Å². The smallest absolute Gasteiger partial charge is 0.153 e. The molecule has 17 heavy (non-hydrogen) atoms. The first-order valence-electron chi connectivity index (χ1n) is 5.82. The van der Waals surface area contributed by atoms with Gasteiger partial charge >= 0.3 is 0 Å². The molecule has 4 heteroatoms. The van der Waals surface area contributed by atoms with Gasteiger partial charge in [-0.2, -0.15) is 0 Å². The van der Waals surface area contributed by atoms with Gasteiger partial charge in [0.25, 0.3) is 0 Å². The first kappa shape index (κ1) is 13.5. The molecule has 0 aromatic heterocycles. The van der Waals surface area contributed by atoms with E-state index in [1.165, 1.54) is 16.7 Å². The molecule has 0 fully saturated rings. The van der Waals surface area contributed by atoms with Gasteiger partial charge in [0.2, 0.25) is 0 Å². The monoisotopic (exact) mass is 235 g/mol. The average Bonchev–Trinajstić information content (AvgIpc) is 2.32. The van der Waals surface area contributed by atoms with E-state index in [1.54, 1.807) is 0 Å². The van der Waals surface area contributed by atoms with Crippen LogP contribution in [0.5, 0.6) is 0 Å². The fraction of sp³-hybridized carbons (Fsp3) is 0.462. The fourth-order valence-electron chi connectivity index (χ4n) is 1.86. The Bertz CT molecular complexity index is 381. The maximum absolute atomic E-state index is 8.59. The van der Waals surface area contributed by atoms with E-state index in [4.69, 9.17) is 10.9 Å². The molecule has 0 saturated carbocycles. The number of oxime groups is 1. The van der Waals surface area contributed by atoms with E-state index in [0.717, 1.165) is 13.1 Å². The first-order valence-corrected chi connectivity index (χ1v) is 5.82. The highest BCUT2D eigenvalue weighted by molar-refractivity contribution is 5.81. The Morgan fingerprint density at radius 2 is 1.94 bits per heavy atom. The van der Waals surface area contributed by atoms with E-state index in [-0.39, 0.29) is 5.84 Å². The Labute approximate surface area is 103 Å². The minimum absolute atomic E-state index is 0.248. The summed E-state index contributed by atoms with van der Waals surface area (Å²) < 4.78 is 0. The summed E-state index contributed by atoms with van der Waals surface area (Å²) in [5, 5.41) is 11.6. The van der Waals surface area contributed by atoms with Gasteiger partial charge in [-0.15, -0.1) is 0 Å². The van der Waals surface area contributed by atoms with Crippen LogP contribution in [-0.4, -0.2) is 29.0 Å². The van der Waals surface area contributed by atoms with Crippen LogP contribution >= 0.6 is 0 Å². The Morgan fingerprint density at radius 3 is 2.41 bits per heavy atom. The normalized spacial score (nSPS) is 12.1. The number of hydrogen-bond donors (Lipinski definition) is 2. The molecule has 0 aliphatic rings. The van der Waals surface area contributed by atoms with Gasteiger partial charge in [-0.1, -0.05) is 30.3 Å². The highest BCUT2D eigenvalue weighted by Gasteiger charge is 2.09. The molecule has 1 rings (SSSR count). The molecule has 1 aromatic carbocycles. The zero-order valence-electron chi connectivity index (χ0n) is 10.8. The van der Waals surface area contributed by atoms with Gasteiger partial charge < -0.3 is 10.9 Å². The molecular formula is C13H21N3O. The molecule has 1 aromatic rings. The van der Waals surface area contributed by atoms with Crippen molar-refractivity contribution in [3.63, 3.8) is 0 Å². The van der Waals surface area contributed by atoms with Crippen LogP contribution in [0, 0.1) is 13.8 Å². The third-order valence-electron chi connectivity index (χ3n) is 2.99. The lowest BCUT2D eigenvalue weighted by atomic mass is 10.0. The van der Waals surface area contributed by atoms with E-state index in [0.29, 0.717) is 6.54 Å². The second-order valence-electron chi connectivity index (χ2n) is 4.26. The summed E-state index contributed by atoms with van der Waals surface area (Å²) >= 11 is 0. The molecule has 4 nitrogen and oxygen atoms in total. The van der Waals surface area contributed by atoms with Gasteiger partial charge in [-0.25, -0.2) is 0 Å². The molecule has 0 aliphatic carbocycles. The number of likely N-dealkylation sites (N-methyl/N-ethyl adjacent to an activating group) is 1. The second-order valence-corrected chi connectivity index (χ2v) is 4.26. The molecule has 3 N–H and O–H groups in total. The molecule has 0 spiro atoms. The minimum atomic E-state index is 0.248. The van der Waals surface area contributed by atoms with E-state index < -0.39 is 0 Å². The van der Waals surface area contributed by atoms with Crippen molar-refractivity contribution in [2.45, 2.75) is 27.3 Å². The Morgan fingerprint density at radius 1 is 1.35 bits per heavy atom. The molecule has 0 atom stereocenters. The topological polar surface area (TPSA) is 61.8 Å². The van der Waals surface area contributed by atoms with E-state index in [2.05, 4.69) is 49.0 Å². The van der Waals surface area contributed by atoms with Crippen LogP contribution in [-0.2, 0) is 6.54 Å². The van der Waals surface area contributed by atoms with Gasteiger partial charge in [-0.3, -0.25) is 4.90 Å². The molecular weight excluding hydrogens is 214 g/mol. The van der Waals surface area contributed by atoms with Gasteiger partial charge in [0.05, 0.1) is 6.54 Å². The molecule has 0 saturated heterocycles. The average molecular weight is 235 g/mol. The number of rotatable bonds is 5. The molecule has 0 heterocycles. The Hall–Kier alpha value is -1.55. The number of benzene rings is 1. The quantitative estimate of drug-likeness (QED) is 0.354. The summed E-state index contributed by atoms with van der Waals surface area (Å²) in [4.78, 5) is 2.14. The van der Waals surface area contributed by atoms with Crippen molar-refractivity contribution >= 4 is 5.84 Å². The maximum Gasteiger partial charge on any atom is 0.153 e. The predicted molar refractivity (Wildman–Crippen MR) is 70.3 cm³/mol. The van der Waals surface area contributed by atoms with Crippen molar-refractivity contribution in [3.05, 3.63) is 34.9 Å². The fourth-order valence-corrected chi connectivity index (χ4v) is 1.86. The highest BCUT2D eigenvalue weighted by atomic mass is 16.4. The molecule has 0 amide bonds. The van der Waals surface area contributed by atoms with Crippen LogP contribution in [0.2, 0.25) is 0 Å². The van der Waals surface area contributed by atoms with Gasteiger partial charge in [0.15, 0.2) is 5.84 Å². The zero-order chi connectivity index (χ0) is 12.8. The van der Waals surface area contributed by atoms with Crippen molar-refractivity contribution in [2.24, 2.45) is 10.9 Å². The van der Waals surface area contributed by atoms with Crippen molar-refractivity contribution in [2.75, 3.05) is 13.1 Å². The molecule has 0 bridgehead atoms. The van der Waals surface area contributed by atoms with Crippen molar-refractivity contribution in [3.8, 4) is 0 Å². The van der Waals surface area contributed by atoms with E-state index in [1.807, 2.05) is 0 Å². The highest BCUT2D eigenvalue weighted by Crippen LogP contribution is 2.15.